The van der Waals surface area contributed by atoms with E-state index in [9.17, 15) is 14.4 Å². The summed E-state index contributed by atoms with van der Waals surface area (Å²) in [4.78, 5) is 43.7. The maximum atomic E-state index is 14.0. The van der Waals surface area contributed by atoms with Gasteiger partial charge in [-0.15, -0.1) is 4.74 Å². The lowest BCUT2D eigenvalue weighted by Gasteiger charge is -2.34. The van der Waals surface area contributed by atoms with Gasteiger partial charge in [-0.25, -0.2) is 14.4 Å². The van der Waals surface area contributed by atoms with E-state index in [0.717, 1.165) is 14.9 Å². The molecule has 1 fully saturated rings. The Morgan fingerprint density at radius 2 is 1.38 bits per heavy atom. The molecule has 5 rings (SSSR count). The molecule has 10 heteroatoms. The molecule has 0 aliphatic carbocycles. The van der Waals surface area contributed by atoms with E-state index >= 15 is 0 Å². The van der Waals surface area contributed by atoms with Crippen LogP contribution in [-0.4, -0.2) is 46.5 Å². The van der Waals surface area contributed by atoms with E-state index in [2.05, 4.69) is 0 Å². The zero-order chi connectivity index (χ0) is 27.7. The van der Waals surface area contributed by atoms with Gasteiger partial charge in [-0.2, -0.15) is 4.57 Å². The van der Waals surface area contributed by atoms with Gasteiger partial charge < -0.3 is 18.9 Å². The number of aromatic nitrogens is 2. The number of anilines is 1. The molecule has 2 amide bonds. The highest BCUT2D eigenvalue weighted by atomic mass is 16.5. The molecule has 39 heavy (non-hydrogen) atoms. The number of para-hydroxylation sites is 2. The van der Waals surface area contributed by atoms with Gasteiger partial charge in [0, 0.05) is 18.3 Å². The number of ether oxygens (including phenoxy) is 2. The van der Waals surface area contributed by atoms with Gasteiger partial charge in [-0.3, -0.25) is 4.90 Å². The number of hydrogen-bond donors (Lipinski definition) is 0. The van der Waals surface area contributed by atoms with Gasteiger partial charge >= 0.3 is 17.5 Å². The predicted molar refractivity (Wildman–Crippen MR) is 146 cm³/mol. The van der Waals surface area contributed by atoms with Crippen LogP contribution >= 0.6 is 0 Å². The molecule has 1 aliphatic rings. The van der Waals surface area contributed by atoms with E-state index in [1.807, 2.05) is 44.2 Å². The summed E-state index contributed by atoms with van der Waals surface area (Å²) in [5.41, 5.74) is 0.264. The third-order valence-electron chi connectivity index (χ3n) is 7.05. The van der Waals surface area contributed by atoms with Crippen molar-refractivity contribution in [1.29, 1.82) is 0 Å². The molecular formula is C29H30N4O6. The van der Waals surface area contributed by atoms with Crippen LogP contribution in [0.15, 0.2) is 93.0 Å². The lowest BCUT2D eigenvalue weighted by atomic mass is 9.99. The van der Waals surface area contributed by atoms with Gasteiger partial charge in [-0.05, 0) is 62.2 Å². The van der Waals surface area contributed by atoms with E-state index in [-0.39, 0.29) is 6.03 Å². The lowest BCUT2D eigenvalue weighted by Crippen LogP contribution is -2.47. The molecule has 1 saturated heterocycles. The Morgan fingerprint density at radius 3 is 1.95 bits per heavy atom. The van der Waals surface area contributed by atoms with Gasteiger partial charge in [0.2, 0.25) is 0 Å². The van der Waals surface area contributed by atoms with Crippen LogP contribution in [0.3, 0.4) is 0 Å². The van der Waals surface area contributed by atoms with E-state index in [0.29, 0.717) is 35.8 Å². The molecule has 10 nitrogen and oxygen atoms in total. The van der Waals surface area contributed by atoms with E-state index in [1.165, 1.54) is 4.90 Å². The van der Waals surface area contributed by atoms with Crippen molar-refractivity contribution in [2.75, 3.05) is 25.7 Å². The van der Waals surface area contributed by atoms with Crippen LogP contribution in [0.4, 0.5) is 10.5 Å². The molecule has 0 N–H and O–H groups in total. The maximum absolute atomic E-state index is 14.0. The number of benzene rings is 3. The van der Waals surface area contributed by atoms with Crippen LogP contribution in [0.25, 0.3) is 5.69 Å². The van der Waals surface area contributed by atoms with E-state index in [4.69, 9.17) is 14.0 Å². The Morgan fingerprint density at radius 1 is 0.821 bits per heavy atom. The van der Waals surface area contributed by atoms with Gasteiger partial charge in [-0.1, -0.05) is 36.4 Å². The Labute approximate surface area is 225 Å². The molecule has 0 saturated carbocycles. The van der Waals surface area contributed by atoms with Gasteiger partial charge in [0.15, 0.2) is 6.17 Å². The topological polar surface area (TPSA) is 99.1 Å². The normalized spacial score (nSPS) is 16.5. The molecule has 1 unspecified atom stereocenters. The fraction of sp³-hybridized carbons (Fsp3) is 0.276. The van der Waals surface area contributed by atoms with Gasteiger partial charge in [0.1, 0.15) is 11.5 Å². The average Bonchev–Trinajstić information content (AvgIpc) is 3.34. The Hall–Kier alpha value is -4.73. The SMILES string of the molecule is COc1cc(CCN2C(=O)N(c3ccccc3)C(n3oc(=O)n(-c4ccccc4)c3=O)C2(C)C)cc(OC)c1. The van der Waals surface area contributed by atoms with Crippen molar-refractivity contribution in [2.24, 2.45) is 0 Å². The second-order valence-corrected chi connectivity index (χ2v) is 9.77. The summed E-state index contributed by atoms with van der Waals surface area (Å²) in [6.07, 6.45) is -0.431. The van der Waals surface area contributed by atoms with Crippen LogP contribution in [0.1, 0.15) is 25.6 Å². The van der Waals surface area contributed by atoms with Crippen LogP contribution in [0.5, 0.6) is 11.5 Å². The fourth-order valence-corrected chi connectivity index (χ4v) is 5.09. The summed E-state index contributed by atoms with van der Waals surface area (Å²) in [6.45, 7) is 4.05. The molecule has 2 heterocycles. The van der Waals surface area contributed by atoms with Crippen molar-refractivity contribution >= 4 is 11.7 Å². The first-order valence-electron chi connectivity index (χ1n) is 12.5. The van der Waals surface area contributed by atoms with Crippen molar-refractivity contribution in [3.05, 3.63) is 105 Å². The summed E-state index contributed by atoms with van der Waals surface area (Å²) < 4.78 is 18.3. The number of hydrogen-bond acceptors (Lipinski definition) is 6. The highest BCUT2D eigenvalue weighted by Crippen LogP contribution is 2.42. The Bertz CT molecular complexity index is 1570. The lowest BCUT2D eigenvalue weighted by molar-refractivity contribution is 0.0975. The monoisotopic (exact) mass is 530 g/mol. The Balaban J connectivity index is 1.57. The Kier molecular flexibility index (Phi) is 6.78. The van der Waals surface area contributed by atoms with Crippen LogP contribution in [0, 0.1) is 0 Å². The van der Waals surface area contributed by atoms with Crippen molar-refractivity contribution in [3.63, 3.8) is 0 Å². The number of urea groups is 1. The van der Waals surface area contributed by atoms with Gasteiger partial charge in [0.05, 0.1) is 25.4 Å². The summed E-state index contributed by atoms with van der Waals surface area (Å²) in [7, 11) is 3.17. The first-order valence-corrected chi connectivity index (χ1v) is 12.5. The summed E-state index contributed by atoms with van der Waals surface area (Å²) in [5.74, 6) is 0.468. The number of methoxy groups -OCH3 is 2. The molecule has 0 bridgehead atoms. The minimum Gasteiger partial charge on any atom is -0.497 e. The smallest absolute Gasteiger partial charge is 0.447 e. The molecular weight excluding hydrogens is 500 g/mol. The van der Waals surface area contributed by atoms with Crippen molar-refractivity contribution < 1.29 is 18.8 Å². The number of carbonyl (C=O) groups is 1. The molecule has 202 valence electrons. The van der Waals surface area contributed by atoms with Gasteiger partial charge in [0.25, 0.3) is 0 Å². The molecule has 1 atom stereocenters. The third-order valence-corrected chi connectivity index (χ3v) is 7.05. The van der Waals surface area contributed by atoms with Crippen LogP contribution < -0.4 is 25.8 Å². The number of carbonyl (C=O) groups excluding carboxylic acids is 1. The highest BCUT2D eigenvalue weighted by molar-refractivity contribution is 5.95. The molecule has 1 aliphatic heterocycles. The molecule has 0 spiro atoms. The number of amides is 2. The molecule has 0 radical (unpaired) electrons. The summed E-state index contributed by atoms with van der Waals surface area (Å²) in [6, 6.07) is 22.9. The molecule has 3 aromatic carbocycles. The van der Waals surface area contributed by atoms with E-state index in [1.54, 1.807) is 67.7 Å². The summed E-state index contributed by atoms with van der Waals surface area (Å²) in [5, 5.41) is 0. The standard InChI is InChI=1S/C29H30N4O6/c1-29(2)25(33-27(35)32(28(36)39-33)22-13-9-6-10-14-22)31(21-11-7-5-8-12-21)26(34)30(29)16-15-20-17-23(37-3)19-24(18-20)38-4/h5-14,17-19,25H,15-16H2,1-4H3. The zero-order valence-electron chi connectivity index (χ0n) is 22.2. The molecule has 4 aromatic rings. The van der Waals surface area contributed by atoms with Crippen molar-refractivity contribution in [3.8, 4) is 17.2 Å². The quantitative estimate of drug-likeness (QED) is 0.341. The number of nitrogens with zero attached hydrogens (tertiary/aromatic N) is 4. The minimum absolute atomic E-state index is 0.312. The first-order chi connectivity index (χ1) is 18.8. The highest BCUT2D eigenvalue weighted by Gasteiger charge is 2.55. The second-order valence-electron chi connectivity index (χ2n) is 9.77. The molecule has 1 aromatic heterocycles. The first kappa shape index (κ1) is 25.9. The van der Waals surface area contributed by atoms with Crippen molar-refractivity contribution in [1.82, 2.24) is 14.2 Å². The number of rotatable bonds is 8. The van der Waals surface area contributed by atoms with E-state index < -0.39 is 23.2 Å². The average molecular weight is 531 g/mol. The minimum atomic E-state index is -0.946. The van der Waals surface area contributed by atoms with Crippen molar-refractivity contribution in [2.45, 2.75) is 32.0 Å². The maximum Gasteiger partial charge on any atom is 0.447 e. The third kappa shape index (κ3) is 4.58. The predicted octanol–water partition coefficient (Wildman–Crippen LogP) is 4.07. The largest absolute Gasteiger partial charge is 0.497 e. The fourth-order valence-electron chi connectivity index (χ4n) is 5.09. The summed E-state index contributed by atoms with van der Waals surface area (Å²) >= 11 is 0. The van der Waals surface area contributed by atoms with Crippen LogP contribution in [0.2, 0.25) is 0 Å². The zero-order valence-corrected chi connectivity index (χ0v) is 22.2. The van der Waals surface area contributed by atoms with Crippen LogP contribution in [-0.2, 0) is 6.42 Å². The second kappa shape index (κ2) is 10.2.